The molecule has 5 nitrogen and oxygen atoms in total. The number of amides is 2. The van der Waals surface area contributed by atoms with Crippen molar-refractivity contribution in [1.29, 1.82) is 0 Å². The van der Waals surface area contributed by atoms with Crippen molar-refractivity contribution >= 4 is 23.2 Å². The Balaban J connectivity index is 1.78. The topological polar surface area (TPSA) is 70.2 Å². The van der Waals surface area contributed by atoms with Crippen LogP contribution in [-0.4, -0.2) is 18.4 Å². The minimum atomic E-state index is -4.48. The summed E-state index contributed by atoms with van der Waals surface area (Å²) >= 11 is 0. The molecular weight excluding hydrogens is 395 g/mol. The molecule has 2 atom stereocenters. The molecule has 1 aliphatic rings. The fraction of sp³-hybridized carbons (Fsp3) is 0.364. The molecule has 160 valence electrons. The molecule has 2 aromatic rings. The number of carbonyl (C=O) groups excluding carboxylic acids is 2. The Morgan fingerprint density at radius 3 is 2.33 bits per heavy atom. The van der Waals surface area contributed by atoms with E-state index in [2.05, 4.69) is 16.0 Å². The largest absolute Gasteiger partial charge is 0.416 e. The molecule has 2 unspecified atom stereocenters. The highest BCUT2D eigenvalue weighted by atomic mass is 19.4. The summed E-state index contributed by atoms with van der Waals surface area (Å²) in [4.78, 5) is 24.1. The predicted octanol–water partition coefficient (Wildman–Crippen LogP) is 4.65. The molecule has 8 heteroatoms. The average molecular weight is 419 g/mol. The van der Waals surface area contributed by atoms with Crippen molar-refractivity contribution in [2.75, 3.05) is 17.2 Å². The first-order valence-corrected chi connectivity index (χ1v) is 9.75. The van der Waals surface area contributed by atoms with Gasteiger partial charge in [0.1, 0.15) is 0 Å². The molecule has 0 spiro atoms. The highest BCUT2D eigenvalue weighted by Gasteiger charge is 2.34. The summed E-state index contributed by atoms with van der Waals surface area (Å²) < 4.78 is 39.5. The second kappa shape index (κ2) is 8.87. The van der Waals surface area contributed by atoms with Gasteiger partial charge in [-0.15, -0.1) is 0 Å². The Hall–Kier alpha value is -2.87. The second-order valence-electron chi connectivity index (χ2n) is 7.50. The Labute approximate surface area is 173 Å². The van der Waals surface area contributed by atoms with Crippen LogP contribution in [0.3, 0.4) is 0 Å². The molecule has 3 N–H and O–H groups in total. The van der Waals surface area contributed by atoms with E-state index in [0.717, 1.165) is 24.6 Å². The van der Waals surface area contributed by atoms with Gasteiger partial charge in [-0.05, 0) is 61.7 Å². The third-order valence-corrected chi connectivity index (χ3v) is 5.20. The first kappa shape index (κ1) is 21.8. The van der Waals surface area contributed by atoms with Gasteiger partial charge < -0.3 is 16.0 Å². The molecule has 30 heavy (non-hydrogen) atoms. The van der Waals surface area contributed by atoms with E-state index in [-0.39, 0.29) is 29.1 Å². The molecule has 1 heterocycles. The zero-order valence-corrected chi connectivity index (χ0v) is 16.8. The minimum absolute atomic E-state index is 0.108. The number of piperidine rings is 1. The third kappa shape index (κ3) is 5.18. The van der Waals surface area contributed by atoms with E-state index in [0.29, 0.717) is 12.1 Å². The third-order valence-electron chi connectivity index (χ3n) is 5.20. The number of rotatable bonds is 4. The standard InChI is InChI=1S/C22H24F3N3O2/c1-13-5-8-17(12-19(13)22(23,24)25)28-21(30)18-4-3-11-26-20(18)15-6-9-16(10-7-15)27-14(2)29/h5-10,12,18,20,26H,3-4,11H2,1-2H3,(H,27,29)(H,28,30). The number of hydrogen-bond acceptors (Lipinski definition) is 3. The van der Waals surface area contributed by atoms with Gasteiger partial charge in [0.25, 0.3) is 0 Å². The Bertz CT molecular complexity index is 926. The van der Waals surface area contributed by atoms with Gasteiger partial charge in [0.15, 0.2) is 0 Å². The minimum Gasteiger partial charge on any atom is -0.326 e. The monoisotopic (exact) mass is 419 g/mol. The normalized spacial score (nSPS) is 19.2. The van der Waals surface area contributed by atoms with Gasteiger partial charge in [-0.25, -0.2) is 0 Å². The van der Waals surface area contributed by atoms with Gasteiger partial charge in [-0.2, -0.15) is 13.2 Å². The van der Waals surface area contributed by atoms with Crippen LogP contribution in [0.5, 0.6) is 0 Å². The van der Waals surface area contributed by atoms with Crippen molar-refractivity contribution in [1.82, 2.24) is 5.32 Å². The fourth-order valence-corrected chi connectivity index (χ4v) is 3.74. The van der Waals surface area contributed by atoms with Gasteiger partial charge in [0.05, 0.1) is 11.5 Å². The Morgan fingerprint density at radius 2 is 1.70 bits per heavy atom. The van der Waals surface area contributed by atoms with Crippen molar-refractivity contribution in [2.45, 2.75) is 38.9 Å². The van der Waals surface area contributed by atoms with Crippen LogP contribution < -0.4 is 16.0 Å². The van der Waals surface area contributed by atoms with Gasteiger partial charge in [-0.3, -0.25) is 9.59 Å². The van der Waals surface area contributed by atoms with Crippen LogP contribution in [0.25, 0.3) is 0 Å². The van der Waals surface area contributed by atoms with Crippen LogP contribution in [-0.2, 0) is 15.8 Å². The Kier molecular flexibility index (Phi) is 6.45. The average Bonchev–Trinajstić information content (AvgIpc) is 2.69. The van der Waals surface area contributed by atoms with Crippen molar-refractivity contribution in [2.24, 2.45) is 5.92 Å². The fourth-order valence-electron chi connectivity index (χ4n) is 3.74. The van der Waals surface area contributed by atoms with E-state index in [1.165, 1.54) is 26.0 Å². The quantitative estimate of drug-likeness (QED) is 0.676. The number of halogens is 3. The van der Waals surface area contributed by atoms with Crippen molar-refractivity contribution in [3.05, 3.63) is 59.2 Å². The van der Waals surface area contributed by atoms with Crippen molar-refractivity contribution < 1.29 is 22.8 Å². The first-order chi connectivity index (χ1) is 14.1. The zero-order valence-electron chi connectivity index (χ0n) is 16.8. The van der Waals surface area contributed by atoms with E-state index in [9.17, 15) is 22.8 Å². The van der Waals surface area contributed by atoms with Gasteiger partial charge in [0.2, 0.25) is 11.8 Å². The number of nitrogens with one attached hydrogen (secondary N) is 3. The molecule has 0 saturated carbocycles. The maximum absolute atomic E-state index is 13.2. The van der Waals surface area contributed by atoms with E-state index in [1.54, 1.807) is 12.1 Å². The van der Waals surface area contributed by atoms with E-state index < -0.39 is 17.7 Å². The van der Waals surface area contributed by atoms with Crippen LogP contribution in [0.2, 0.25) is 0 Å². The predicted molar refractivity (Wildman–Crippen MR) is 109 cm³/mol. The molecule has 0 aliphatic carbocycles. The maximum Gasteiger partial charge on any atom is 0.416 e. The summed E-state index contributed by atoms with van der Waals surface area (Å²) in [6, 6.07) is 10.7. The van der Waals surface area contributed by atoms with E-state index >= 15 is 0 Å². The van der Waals surface area contributed by atoms with Gasteiger partial charge in [0, 0.05) is 24.3 Å². The highest BCUT2D eigenvalue weighted by molar-refractivity contribution is 5.93. The molecule has 2 aromatic carbocycles. The molecule has 0 bridgehead atoms. The summed E-state index contributed by atoms with van der Waals surface area (Å²) in [7, 11) is 0. The lowest BCUT2D eigenvalue weighted by atomic mass is 9.85. The number of aryl methyl sites for hydroxylation is 1. The zero-order chi connectivity index (χ0) is 21.9. The smallest absolute Gasteiger partial charge is 0.326 e. The van der Waals surface area contributed by atoms with E-state index in [1.807, 2.05) is 12.1 Å². The number of benzene rings is 2. The molecule has 1 saturated heterocycles. The highest BCUT2D eigenvalue weighted by Crippen LogP contribution is 2.35. The lowest BCUT2D eigenvalue weighted by Crippen LogP contribution is -2.40. The van der Waals surface area contributed by atoms with Gasteiger partial charge >= 0.3 is 6.18 Å². The van der Waals surface area contributed by atoms with Crippen LogP contribution in [0.4, 0.5) is 24.5 Å². The number of anilines is 2. The second-order valence-corrected chi connectivity index (χ2v) is 7.50. The molecule has 0 radical (unpaired) electrons. The van der Waals surface area contributed by atoms with Crippen molar-refractivity contribution in [3.63, 3.8) is 0 Å². The molecular formula is C22H24F3N3O2. The molecule has 0 aromatic heterocycles. The molecule has 1 fully saturated rings. The van der Waals surface area contributed by atoms with E-state index in [4.69, 9.17) is 0 Å². The first-order valence-electron chi connectivity index (χ1n) is 9.75. The summed E-state index contributed by atoms with van der Waals surface area (Å²) in [5.74, 6) is -0.928. The Morgan fingerprint density at radius 1 is 1.03 bits per heavy atom. The summed E-state index contributed by atoms with van der Waals surface area (Å²) in [6.45, 7) is 3.55. The summed E-state index contributed by atoms with van der Waals surface area (Å²) in [6.07, 6.45) is -3.06. The lowest BCUT2D eigenvalue weighted by Gasteiger charge is -2.32. The van der Waals surface area contributed by atoms with Gasteiger partial charge in [-0.1, -0.05) is 18.2 Å². The van der Waals surface area contributed by atoms with Crippen LogP contribution in [0, 0.1) is 12.8 Å². The van der Waals surface area contributed by atoms with Crippen LogP contribution in [0.1, 0.15) is 42.5 Å². The summed E-state index contributed by atoms with van der Waals surface area (Å²) in [5, 5.41) is 8.67. The number of alkyl halides is 3. The number of hydrogen-bond donors (Lipinski definition) is 3. The number of carbonyl (C=O) groups is 2. The lowest BCUT2D eigenvalue weighted by molar-refractivity contribution is -0.138. The summed E-state index contributed by atoms with van der Waals surface area (Å²) in [5.41, 5.74) is 1.01. The maximum atomic E-state index is 13.2. The molecule has 3 rings (SSSR count). The molecule has 2 amide bonds. The SMILES string of the molecule is CC(=O)Nc1ccc(C2NCCCC2C(=O)Nc2ccc(C)c(C(F)(F)F)c2)cc1. The van der Waals surface area contributed by atoms with Crippen LogP contribution >= 0.6 is 0 Å². The van der Waals surface area contributed by atoms with Crippen LogP contribution in [0.15, 0.2) is 42.5 Å². The molecule has 1 aliphatic heterocycles. The van der Waals surface area contributed by atoms with Crippen molar-refractivity contribution in [3.8, 4) is 0 Å².